The average Bonchev–Trinajstić information content (AvgIpc) is 2.79. The Labute approximate surface area is 141 Å². The minimum Gasteiger partial charge on any atom is -0.492 e. The summed E-state index contributed by atoms with van der Waals surface area (Å²) >= 11 is 0. The monoisotopic (exact) mass is 376 g/mol. The van der Waals surface area contributed by atoms with E-state index in [1.54, 1.807) is 6.92 Å². The van der Waals surface area contributed by atoms with Crippen LogP contribution in [-0.2, 0) is 24.8 Å². The van der Waals surface area contributed by atoms with Crippen molar-refractivity contribution in [3.63, 3.8) is 0 Å². The van der Waals surface area contributed by atoms with Gasteiger partial charge in [0.2, 0.25) is 26.0 Å². The molecule has 1 aliphatic heterocycles. The Bertz CT molecular complexity index is 833. The molecule has 1 saturated heterocycles. The highest BCUT2D eigenvalue weighted by atomic mass is 32.2. The van der Waals surface area contributed by atoms with Gasteiger partial charge in [-0.15, -0.1) is 0 Å². The van der Waals surface area contributed by atoms with Crippen LogP contribution < -0.4 is 13.8 Å². The number of ether oxygens (including phenoxy) is 1. The van der Waals surface area contributed by atoms with Gasteiger partial charge in [-0.05, 0) is 31.5 Å². The van der Waals surface area contributed by atoms with E-state index in [-0.39, 0.29) is 41.7 Å². The zero-order valence-electron chi connectivity index (χ0n) is 13.5. The van der Waals surface area contributed by atoms with E-state index in [0.717, 1.165) is 6.07 Å². The maximum absolute atomic E-state index is 12.5. The highest BCUT2D eigenvalue weighted by Gasteiger charge is 2.37. The van der Waals surface area contributed by atoms with Crippen LogP contribution in [0.3, 0.4) is 0 Å². The molecule has 0 bridgehead atoms. The molecule has 1 aromatic carbocycles. The van der Waals surface area contributed by atoms with Crippen molar-refractivity contribution in [2.24, 2.45) is 0 Å². The lowest BCUT2D eigenvalue weighted by molar-refractivity contribution is -0.116. The number of sulfonamides is 2. The molecule has 0 aromatic heterocycles. The standard InChI is InChI=1S/C14H20N2O6S2/c1-3-8-15-24(20,21)13-10-11(5-6-12(13)22-4-2)16-14(17)7-9-23(16,18)19/h5-6,10,15H,3-4,7-9H2,1-2H3. The Kier molecular flexibility index (Phi) is 5.51. The van der Waals surface area contributed by atoms with Crippen LogP contribution in [0.2, 0.25) is 0 Å². The summed E-state index contributed by atoms with van der Waals surface area (Å²) in [6.07, 6.45) is 0.480. The molecule has 24 heavy (non-hydrogen) atoms. The van der Waals surface area contributed by atoms with Gasteiger partial charge in [-0.1, -0.05) is 6.92 Å². The number of hydrogen-bond acceptors (Lipinski definition) is 6. The molecule has 1 aliphatic rings. The van der Waals surface area contributed by atoms with E-state index in [0.29, 0.717) is 10.7 Å². The first-order chi connectivity index (χ1) is 11.2. The van der Waals surface area contributed by atoms with Crippen molar-refractivity contribution in [3.05, 3.63) is 18.2 Å². The number of hydrogen-bond donors (Lipinski definition) is 1. The number of rotatable bonds is 7. The third-order valence-corrected chi connectivity index (χ3v) is 6.54. The highest BCUT2D eigenvalue weighted by Crippen LogP contribution is 2.32. The predicted molar refractivity (Wildman–Crippen MR) is 89.0 cm³/mol. The van der Waals surface area contributed by atoms with Crippen LogP contribution in [0.5, 0.6) is 5.75 Å². The summed E-state index contributed by atoms with van der Waals surface area (Å²) in [6.45, 7) is 4.01. The molecular weight excluding hydrogens is 356 g/mol. The van der Waals surface area contributed by atoms with Crippen molar-refractivity contribution in [3.8, 4) is 5.75 Å². The van der Waals surface area contributed by atoms with E-state index in [1.807, 2.05) is 6.92 Å². The van der Waals surface area contributed by atoms with Crippen LogP contribution in [-0.4, -0.2) is 41.6 Å². The molecule has 1 amide bonds. The fourth-order valence-corrected chi connectivity index (χ4v) is 5.04. The quantitative estimate of drug-likeness (QED) is 0.755. The molecule has 1 aromatic rings. The van der Waals surface area contributed by atoms with Crippen LogP contribution in [0.4, 0.5) is 5.69 Å². The lowest BCUT2D eigenvalue weighted by Crippen LogP contribution is -2.30. The van der Waals surface area contributed by atoms with Crippen LogP contribution in [0.1, 0.15) is 26.7 Å². The largest absolute Gasteiger partial charge is 0.492 e. The summed E-state index contributed by atoms with van der Waals surface area (Å²) in [5.41, 5.74) is -0.00201. The van der Waals surface area contributed by atoms with Crippen LogP contribution >= 0.6 is 0 Å². The van der Waals surface area contributed by atoms with E-state index in [4.69, 9.17) is 4.74 Å². The van der Waals surface area contributed by atoms with Gasteiger partial charge in [-0.2, -0.15) is 0 Å². The SMILES string of the molecule is CCCNS(=O)(=O)c1cc(N2C(=O)CCS2(=O)=O)ccc1OCC. The molecule has 1 heterocycles. The summed E-state index contributed by atoms with van der Waals surface area (Å²) in [7, 11) is -7.66. The number of anilines is 1. The first-order valence-electron chi connectivity index (χ1n) is 7.55. The summed E-state index contributed by atoms with van der Waals surface area (Å²) < 4.78 is 57.4. The molecule has 10 heteroatoms. The van der Waals surface area contributed by atoms with Crippen molar-refractivity contribution < 1.29 is 26.4 Å². The van der Waals surface area contributed by atoms with Gasteiger partial charge in [0, 0.05) is 13.0 Å². The van der Waals surface area contributed by atoms with Gasteiger partial charge in [0.15, 0.2) is 0 Å². The minimum atomic E-state index is -3.89. The second-order valence-electron chi connectivity index (χ2n) is 5.19. The fraction of sp³-hybridized carbons (Fsp3) is 0.500. The van der Waals surface area contributed by atoms with Gasteiger partial charge in [-0.25, -0.2) is 25.9 Å². The van der Waals surface area contributed by atoms with Gasteiger partial charge < -0.3 is 4.74 Å². The highest BCUT2D eigenvalue weighted by molar-refractivity contribution is 7.94. The van der Waals surface area contributed by atoms with Crippen LogP contribution in [0.15, 0.2) is 23.1 Å². The topological polar surface area (TPSA) is 110 Å². The van der Waals surface area contributed by atoms with E-state index in [1.165, 1.54) is 12.1 Å². The predicted octanol–water partition coefficient (Wildman–Crippen LogP) is 0.840. The Hall–Kier alpha value is -1.65. The van der Waals surface area contributed by atoms with Crippen molar-refractivity contribution in [2.75, 3.05) is 23.2 Å². The minimum absolute atomic E-state index is 0.00201. The first kappa shape index (κ1) is 18.7. The Morgan fingerprint density at radius 2 is 2.00 bits per heavy atom. The van der Waals surface area contributed by atoms with Crippen LogP contribution in [0.25, 0.3) is 0 Å². The van der Waals surface area contributed by atoms with Gasteiger partial charge in [-0.3, -0.25) is 4.79 Å². The van der Waals surface area contributed by atoms with Crippen molar-refractivity contribution in [2.45, 2.75) is 31.6 Å². The van der Waals surface area contributed by atoms with E-state index >= 15 is 0 Å². The molecule has 1 fully saturated rings. The summed E-state index contributed by atoms with van der Waals surface area (Å²) in [6, 6.07) is 3.88. The second-order valence-corrected chi connectivity index (χ2v) is 8.86. The Balaban J connectivity index is 2.54. The van der Waals surface area contributed by atoms with Crippen molar-refractivity contribution in [1.82, 2.24) is 4.72 Å². The Morgan fingerprint density at radius 1 is 1.29 bits per heavy atom. The van der Waals surface area contributed by atoms with Crippen molar-refractivity contribution in [1.29, 1.82) is 0 Å². The number of benzene rings is 1. The van der Waals surface area contributed by atoms with E-state index < -0.39 is 26.0 Å². The Morgan fingerprint density at radius 3 is 2.54 bits per heavy atom. The third-order valence-electron chi connectivity index (χ3n) is 3.37. The summed E-state index contributed by atoms with van der Waals surface area (Å²) in [5.74, 6) is -0.757. The smallest absolute Gasteiger partial charge is 0.244 e. The molecule has 0 saturated carbocycles. The molecule has 134 valence electrons. The normalized spacial score (nSPS) is 17.2. The fourth-order valence-electron chi connectivity index (χ4n) is 2.29. The zero-order valence-corrected chi connectivity index (χ0v) is 15.1. The van der Waals surface area contributed by atoms with Gasteiger partial charge >= 0.3 is 0 Å². The molecule has 0 spiro atoms. The van der Waals surface area contributed by atoms with Gasteiger partial charge in [0.1, 0.15) is 10.6 Å². The first-order valence-corrected chi connectivity index (χ1v) is 10.6. The number of amides is 1. The number of carbonyl (C=O) groups is 1. The maximum Gasteiger partial charge on any atom is 0.244 e. The van der Waals surface area contributed by atoms with Gasteiger partial charge in [0.25, 0.3) is 0 Å². The lowest BCUT2D eigenvalue weighted by atomic mass is 10.3. The second kappa shape index (κ2) is 7.08. The molecule has 0 aliphatic carbocycles. The maximum atomic E-state index is 12.5. The molecule has 2 rings (SSSR count). The van der Waals surface area contributed by atoms with E-state index in [9.17, 15) is 21.6 Å². The average molecular weight is 376 g/mol. The third kappa shape index (κ3) is 3.70. The summed E-state index contributed by atoms with van der Waals surface area (Å²) in [5, 5.41) is 0. The number of nitrogens with zero attached hydrogens (tertiary/aromatic N) is 1. The molecule has 0 atom stereocenters. The summed E-state index contributed by atoms with van der Waals surface area (Å²) in [4.78, 5) is 11.7. The molecule has 1 N–H and O–H groups in total. The van der Waals surface area contributed by atoms with Crippen LogP contribution in [0, 0.1) is 0 Å². The van der Waals surface area contributed by atoms with Gasteiger partial charge in [0.05, 0.1) is 18.0 Å². The lowest BCUT2D eigenvalue weighted by Gasteiger charge is -2.18. The molecule has 0 unspecified atom stereocenters. The molecule has 8 nitrogen and oxygen atoms in total. The number of carbonyl (C=O) groups excluding carboxylic acids is 1. The van der Waals surface area contributed by atoms with E-state index in [2.05, 4.69) is 4.72 Å². The number of nitrogens with one attached hydrogen (secondary N) is 1. The zero-order chi connectivity index (χ0) is 18.0. The molecule has 0 radical (unpaired) electrons. The molecular formula is C14H20N2O6S2. The van der Waals surface area contributed by atoms with Crippen molar-refractivity contribution >= 4 is 31.6 Å².